The molecule has 0 saturated carbocycles. The summed E-state index contributed by atoms with van der Waals surface area (Å²) in [5, 5.41) is 2.82. The van der Waals surface area contributed by atoms with Crippen LogP contribution >= 0.6 is 0 Å². The highest BCUT2D eigenvalue weighted by molar-refractivity contribution is 6.16. The van der Waals surface area contributed by atoms with Crippen LogP contribution in [0.15, 0.2) is 47.4 Å². The van der Waals surface area contributed by atoms with Gasteiger partial charge in [0.05, 0.1) is 25.3 Å². The lowest BCUT2D eigenvalue weighted by Gasteiger charge is -2.27. The molecule has 2 aromatic heterocycles. The zero-order chi connectivity index (χ0) is 21.4. The number of fused-ring (bicyclic) bond motifs is 6. The number of rotatable bonds is 6. The van der Waals surface area contributed by atoms with E-state index in [4.69, 9.17) is 13.9 Å². The number of aryl methyl sites for hydroxylation is 2. The minimum atomic E-state index is -0.341. The SMILES string of the molecule is CCOC(=O)c1c(C)oc2c1c1c(c3ccccc32)OC[NH+](CCC[n+]2cc[nH]c2)C1. The van der Waals surface area contributed by atoms with E-state index in [-0.39, 0.29) is 5.97 Å². The van der Waals surface area contributed by atoms with Gasteiger partial charge in [0, 0.05) is 22.6 Å². The Balaban J connectivity index is 1.56. The predicted octanol–water partition coefficient (Wildman–Crippen LogP) is 2.51. The second-order valence-corrected chi connectivity index (χ2v) is 7.98. The van der Waals surface area contributed by atoms with Crippen molar-refractivity contribution in [2.24, 2.45) is 0 Å². The minimum absolute atomic E-state index is 0.325. The van der Waals surface area contributed by atoms with E-state index in [1.165, 1.54) is 4.90 Å². The standard InChI is InChI=1S/C24H25N3O4/c1-3-29-24(28)20-16(2)31-23-18-8-5-4-7-17(18)22-19(21(20)23)13-27(15-30-22)11-6-10-26-12-9-25-14-26/h4-5,7-9,12,14H,3,6,10-11,13,15H2,1-2H3/p+2. The molecule has 0 bridgehead atoms. The van der Waals surface area contributed by atoms with Gasteiger partial charge in [-0.2, -0.15) is 0 Å². The van der Waals surface area contributed by atoms with Crippen LogP contribution in [0.3, 0.4) is 0 Å². The number of hydrogen-bond donors (Lipinski definition) is 2. The molecule has 4 aromatic rings. The lowest BCUT2D eigenvalue weighted by Crippen LogP contribution is -3.12. The van der Waals surface area contributed by atoms with Crippen LogP contribution in [-0.2, 0) is 17.8 Å². The van der Waals surface area contributed by atoms with E-state index in [2.05, 4.69) is 15.6 Å². The Bertz CT molecular complexity index is 1240. The molecule has 0 radical (unpaired) electrons. The zero-order valence-corrected chi connectivity index (χ0v) is 17.9. The summed E-state index contributed by atoms with van der Waals surface area (Å²) in [6.07, 6.45) is 6.95. The molecule has 0 spiro atoms. The van der Waals surface area contributed by atoms with Crippen LogP contribution in [0.2, 0.25) is 0 Å². The second kappa shape index (κ2) is 8.07. The fraction of sp³-hybridized carbons (Fsp3) is 0.333. The number of aromatic amines is 1. The van der Waals surface area contributed by atoms with Crippen molar-refractivity contribution in [3.63, 3.8) is 0 Å². The Hall–Kier alpha value is -3.32. The smallest absolute Gasteiger partial charge is 0.342 e. The van der Waals surface area contributed by atoms with Crippen molar-refractivity contribution in [3.8, 4) is 5.75 Å². The monoisotopic (exact) mass is 421 g/mol. The number of benzene rings is 2. The van der Waals surface area contributed by atoms with E-state index in [1.54, 1.807) is 0 Å². The Morgan fingerprint density at radius 3 is 2.90 bits per heavy atom. The quantitative estimate of drug-likeness (QED) is 0.371. The second-order valence-electron chi connectivity index (χ2n) is 7.98. The van der Waals surface area contributed by atoms with Gasteiger partial charge < -0.3 is 13.9 Å². The summed E-state index contributed by atoms with van der Waals surface area (Å²) in [5.74, 6) is 1.11. The van der Waals surface area contributed by atoms with Gasteiger partial charge in [-0.3, -0.25) is 9.88 Å². The summed E-state index contributed by atoms with van der Waals surface area (Å²) in [6, 6.07) is 8.07. The number of nitrogens with zero attached hydrogens (tertiary/aromatic N) is 1. The number of ether oxygens (including phenoxy) is 2. The maximum Gasteiger partial charge on any atom is 0.342 e. The number of hydrogen-bond acceptors (Lipinski definition) is 4. The van der Waals surface area contributed by atoms with Crippen LogP contribution in [0.5, 0.6) is 5.75 Å². The van der Waals surface area contributed by atoms with Gasteiger partial charge in [0.25, 0.3) is 0 Å². The van der Waals surface area contributed by atoms with Crippen molar-refractivity contribution >= 4 is 27.7 Å². The summed E-state index contributed by atoms with van der Waals surface area (Å²) in [5.41, 5.74) is 2.29. The molecule has 2 aromatic carbocycles. The Morgan fingerprint density at radius 1 is 1.29 bits per heavy atom. The number of carbonyl (C=O) groups is 1. The predicted molar refractivity (Wildman–Crippen MR) is 115 cm³/mol. The number of furan rings is 1. The number of carbonyl (C=O) groups excluding carboxylic acids is 1. The van der Waals surface area contributed by atoms with Gasteiger partial charge in [-0.1, -0.05) is 24.3 Å². The summed E-state index contributed by atoms with van der Waals surface area (Å²) in [6.45, 7) is 7.27. The molecule has 3 heterocycles. The molecular weight excluding hydrogens is 394 g/mol. The third kappa shape index (κ3) is 3.45. The van der Waals surface area contributed by atoms with Crippen LogP contribution in [-0.4, -0.2) is 30.8 Å². The van der Waals surface area contributed by atoms with E-state index >= 15 is 0 Å². The van der Waals surface area contributed by atoms with E-state index in [1.807, 2.05) is 50.8 Å². The topological polar surface area (TPSA) is 72.8 Å². The van der Waals surface area contributed by atoms with E-state index in [0.717, 1.165) is 59.1 Å². The molecular formula is C24H27N3O4+2. The zero-order valence-electron chi connectivity index (χ0n) is 17.9. The molecule has 2 N–H and O–H groups in total. The molecule has 0 amide bonds. The largest absolute Gasteiger partial charge is 0.462 e. The highest BCUT2D eigenvalue weighted by atomic mass is 16.5. The molecule has 1 atom stereocenters. The van der Waals surface area contributed by atoms with Crippen molar-refractivity contribution in [2.45, 2.75) is 33.4 Å². The number of H-pyrrole nitrogens is 1. The number of imidazole rings is 1. The fourth-order valence-corrected chi connectivity index (χ4v) is 4.57. The molecule has 0 aliphatic carbocycles. The highest BCUT2D eigenvalue weighted by Gasteiger charge is 2.31. The molecule has 31 heavy (non-hydrogen) atoms. The molecule has 5 rings (SSSR count). The van der Waals surface area contributed by atoms with Gasteiger partial charge >= 0.3 is 5.97 Å². The maximum atomic E-state index is 12.8. The lowest BCUT2D eigenvalue weighted by atomic mass is 9.96. The molecule has 7 heteroatoms. The molecule has 0 saturated heterocycles. The van der Waals surface area contributed by atoms with Crippen LogP contribution in [0.1, 0.15) is 35.0 Å². The van der Waals surface area contributed by atoms with Crippen LogP contribution in [0.4, 0.5) is 0 Å². The van der Waals surface area contributed by atoms with E-state index < -0.39 is 0 Å². The van der Waals surface area contributed by atoms with Gasteiger partial charge in [0.15, 0.2) is 0 Å². The maximum absolute atomic E-state index is 12.8. The summed E-state index contributed by atoms with van der Waals surface area (Å²) in [4.78, 5) is 17.2. The van der Waals surface area contributed by atoms with Gasteiger partial charge in [0.1, 0.15) is 41.6 Å². The Morgan fingerprint density at radius 2 is 2.13 bits per heavy atom. The third-order valence-electron chi connectivity index (χ3n) is 5.95. The average Bonchev–Trinajstić information content (AvgIpc) is 3.41. The average molecular weight is 421 g/mol. The molecule has 1 aliphatic rings. The Labute approximate surface area is 180 Å². The first-order valence-electron chi connectivity index (χ1n) is 10.8. The summed E-state index contributed by atoms with van der Waals surface area (Å²) >= 11 is 0. The number of nitrogens with one attached hydrogen (secondary N) is 2. The van der Waals surface area contributed by atoms with Gasteiger partial charge in [0.2, 0.25) is 13.1 Å². The van der Waals surface area contributed by atoms with E-state index in [0.29, 0.717) is 24.7 Å². The first kappa shape index (κ1) is 19.6. The molecule has 1 unspecified atom stereocenters. The van der Waals surface area contributed by atoms with Crippen LogP contribution in [0.25, 0.3) is 21.7 Å². The van der Waals surface area contributed by atoms with Crippen molar-refractivity contribution in [1.29, 1.82) is 0 Å². The van der Waals surface area contributed by atoms with Crippen molar-refractivity contribution in [3.05, 3.63) is 59.9 Å². The summed E-state index contributed by atoms with van der Waals surface area (Å²) < 4.78 is 19.9. The molecule has 160 valence electrons. The molecule has 1 aliphatic heterocycles. The van der Waals surface area contributed by atoms with Crippen LogP contribution < -0.4 is 14.2 Å². The highest BCUT2D eigenvalue weighted by Crippen LogP contribution is 2.42. The summed E-state index contributed by atoms with van der Waals surface area (Å²) in [7, 11) is 0. The van der Waals surface area contributed by atoms with Crippen molar-refractivity contribution < 1.29 is 28.2 Å². The number of esters is 1. The molecule has 7 nitrogen and oxygen atoms in total. The van der Waals surface area contributed by atoms with Crippen LogP contribution in [0, 0.1) is 6.92 Å². The Kier molecular flexibility index (Phi) is 5.11. The third-order valence-corrected chi connectivity index (χ3v) is 5.95. The fourth-order valence-electron chi connectivity index (χ4n) is 4.57. The first-order chi connectivity index (χ1) is 15.2. The molecule has 0 fully saturated rings. The van der Waals surface area contributed by atoms with Crippen molar-refractivity contribution in [2.75, 3.05) is 19.9 Å². The van der Waals surface area contributed by atoms with Crippen molar-refractivity contribution in [1.82, 2.24) is 4.98 Å². The van der Waals surface area contributed by atoms with Gasteiger partial charge in [-0.15, -0.1) is 0 Å². The normalized spacial score (nSPS) is 15.7. The number of quaternary nitrogens is 1. The lowest BCUT2D eigenvalue weighted by molar-refractivity contribution is -0.934. The van der Waals surface area contributed by atoms with Gasteiger partial charge in [-0.25, -0.2) is 9.36 Å². The number of aromatic nitrogens is 2. The van der Waals surface area contributed by atoms with E-state index in [9.17, 15) is 4.79 Å². The van der Waals surface area contributed by atoms with Gasteiger partial charge in [-0.05, 0) is 13.8 Å². The first-order valence-corrected chi connectivity index (χ1v) is 10.8. The minimum Gasteiger partial charge on any atom is -0.462 e.